The van der Waals surface area contributed by atoms with Crippen molar-refractivity contribution in [1.29, 1.82) is 0 Å². The minimum atomic E-state index is -4.49. The third kappa shape index (κ3) is 5.03. The van der Waals surface area contributed by atoms with Crippen LogP contribution >= 0.6 is 0 Å². The van der Waals surface area contributed by atoms with E-state index in [9.17, 15) is 30.8 Å². The number of primary amides is 1. The zero-order valence-corrected chi connectivity index (χ0v) is 20.6. The van der Waals surface area contributed by atoms with Crippen LogP contribution in [0.4, 0.5) is 23.4 Å². The molecule has 1 aliphatic heterocycles. The summed E-state index contributed by atoms with van der Waals surface area (Å²) in [6, 6.07) is 11.0. The maximum Gasteiger partial charge on any atom is 0.416 e. The normalized spacial score (nSPS) is 20.1. The smallest absolute Gasteiger partial charge is 0.373 e. The number of likely N-dealkylation sites (tertiary alicyclic amines) is 1. The monoisotopic (exact) mass is 537 g/mol. The number of alkyl halides is 3. The minimum Gasteiger partial charge on any atom is -0.373 e. The van der Waals surface area contributed by atoms with Crippen molar-refractivity contribution >= 4 is 21.7 Å². The average Bonchev–Trinajstić information content (AvgIpc) is 3.29. The van der Waals surface area contributed by atoms with E-state index in [1.807, 2.05) is 0 Å². The van der Waals surface area contributed by atoms with E-state index in [-0.39, 0.29) is 24.4 Å². The van der Waals surface area contributed by atoms with Crippen LogP contribution in [0.25, 0.3) is 11.3 Å². The molecule has 37 heavy (non-hydrogen) atoms. The molecule has 3 N–H and O–H groups in total. The summed E-state index contributed by atoms with van der Waals surface area (Å²) in [5.74, 6) is -1.01. The van der Waals surface area contributed by atoms with E-state index in [4.69, 9.17) is 5.73 Å². The van der Waals surface area contributed by atoms with Gasteiger partial charge in [-0.2, -0.15) is 21.6 Å². The molecule has 0 bridgehead atoms. The Kier molecular flexibility index (Phi) is 6.99. The van der Waals surface area contributed by atoms with Crippen LogP contribution in [0.1, 0.15) is 24.0 Å². The Balaban J connectivity index is 1.82. The van der Waals surface area contributed by atoms with Gasteiger partial charge in [0.1, 0.15) is 23.1 Å². The van der Waals surface area contributed by atoms with E-state index in [0.717, 1.165) is 36.4 Å². The number of amides is 1. The Morgan fingerprint density at radius 3 is 2.32 bits per heavy atom. The highest BCUT2D eigenvalue weighted by Gasteiger charge is 2.55. The molecule has 1 amide bonds. The first-order valence-corrected chi connectivity index (χ1v) is 12.8. The Morgan fingerprint density at radius 1 is 1.11 bits per heavy atom. The number of benzene rings is 2. The van der Waals surface area contributed by atoms with Gasteiger partial charge in [0.05, 0.1) is 17.8 Å². The number of hydrogen-bond donors (Lipinski definition) is 2. The summed E-state index contributed by atoms with van der Waals surface area (Å²) in [6.07, 6.45) is -3.82. The molecular formula is C25H25F4N4O3S+. The van der Waals surface area contributed by atoms with Crippen LogP contribution in [0.15, 0.2) is 65.6 Å². The van der Waals surface area contributed by atoms with Gasteiger partial charge < -0.3 is 11.1 Å². The second-order valence-corrected chi connectivity index (χ2v) is 11.0. The zero-order valence-electron chi connectivity index (χ0n) is 19.8. The van der Waals surface area contributed by atoms with Crippen molar-refractivity contribution in [2.24, 2.45) is 5.73 Å². The molecule has 12 heteroatoms. The Bertz CT molecular complexity index is 1410. The molecule has 2 aromatic carbocycles. The van der Waals surface area contributed by atoms with Gasteiger partial charge in [-0.25, -0.2) is 13.3 Å². The number of carbonyl (C=O) groups excluding carboxylic acids is 1. The first-order chi connectivity index (χ1) is 17.4. The van der Waals surface area contributed by atoms with E-state index in [0.29, 0.717) is 29.1 Å². The highest BCUT2D eigenvalue weighted by atomic mass is 32.2. The molecule has 2 atom stereocenters. The standard InChI is InChI=1S/C25H24F4N4O3S/c1-31-23-14-16(13-21(32-23)17-4-6-18(7-5-17)25(27,28)29)15-33(12-2-3-22(33)24(30)34)37(35,36)20-10-8-19(26)9-11-20/h4-11,13-14,22H,2-3,12,15H2,1H3,(H2-,30,31,32,34)/p+1/t22-,33?/m0/s1. The maximum absolute atomic E-state index is 13.9. The number of rotatable bonds is 7. The van der Waals surface area contributed by atoms with Crippen molar-refractivity contribution in [3.63, 3.8) is 0 Å². The summed E-state index contributed by atoms with van der Waals surface area (Å²) in [5.41, 5.74) is 6.05. The Hall–Kier alpha value is -3.51. The fourth-order valence-corrected chi connectivity index (χ4v) is 6.92. The van der Waals surface area contributed by atoms with Gasteiger partial charge in [-0.1, -0.05) is 12.1 Å². The lowest BCUT2D eigenvalue weighted by Gasteiger charge is -2.37. The van der Waals surface area contributed by atoms with Crippen molar-refractivity contribution in [2.45, 2.75) is 36.5 Å². The lowest BCUT2D eigenvalue weighted by Crippen LogP contribution is -2.59. The molecule has 1 unspecified atom stereocenters. The van der Waals surface area contributed by atoms with Gasteiger partial charge in [0, 0.05) is 31.0 Å². The van der Waals surface area contributed by atoms with Gasteiger partial charge in [-0.15, -0.1) is 0 Å². The number of halogens is 4. The molecule has 0 aliphatic carbocycles. The van der Waals surface area contributed by atoms with Crippen molar-refractivity contribution in [3.8, 4) is 11.3 Å². The minimum absolute atomic E-state index is 0.0974. The van der Waals surface area contributed by atoms with Crippen LogP contribution in [0.2, 0.25) is 0 Å². The predicted molar refractivity (Wildman–Crippen MR) is 129 cm³/mol. The topological polar surface area (TPSA) is 102 Å². The molecule has 4 rings (SSSR count). The molecule has 1 saturated heterocycles. The molecule has 0 spiro atoms. The van der Waals surface area contributed by atoms with Gasteiger partial charge in [0.2, 0.25) is 0 Å². The third-order valence-corrected chi connectivity index (χ3v) is 8.99. The number of hydrogen-bond acceptors (Lipinski definition) is 5. The molecule has 1 aliphatic rings. The van der Waals surface area contributed by atoms with Crippen LogP contribution in [-0.4, -0.2) is 42.8 Å². The molecule has 1 fully saturated rings. The van der Waals surface area contributed by atoms with Gasteiger partial charge in [-0.05, 0) is 48.5 Å². The number of pyridine rings is 1. The molecule has 2 heterocycles. The van der Waals surface area contributed by atoms with Crippen LogP contribution in [0.3, 0.4) is 0 Å². The summed E-state index contributed by atoms with van der Waals surface area (Å²) in [4.78, 5) is 16.7. The number of nitrogens with two attached hydrogens (primary N) is 1. The van der Waals surface area contributed by atoms with E-state index in [1.165, 1.54) is 12.1 Å². The summed E-state index contributed by atoms with van der Waals surface area (Å²) < 4.78 is 79.7. The van der Waals surface area contributed by atoms with Crippen LogP contribution in [0.5, 0.6) is 0 Å². The number of aromatic nitrogens is 1. The SMILES string of the molecule is CNc1cc(C[N+]2(S(=O)(=O)c3ccc(F)cc3)CCC[C@H]2C(N)=O)cc(-c2ccc(C(F)(F)F)cc2)n1. The number of sulfonamides is 1. The van der Waals surface area contributed by atoms with Crippen LogP contribution in [0, 0.1) is 5.82 Å². The van der Waals surface area contributed by atoms with Gasteiger partial charge >= 0.3 is 16.2 Å². The summed E-state index contributed by atoms with van der Waals surface area (Å²) in [7, 11) is -2.62. The molecule has 3 aromatic rings. The lowest BCUT2D eigenvalue weighted by atomic mass is 10.1. The van der Waals surface area contributed by atoms with E-state index >= 15 is 0 Å². The number of quaternary nitrogens is 1. The van der Waals surface area contributed by atoms with E-state index < -0.39 is 43.4 Å². The van der Waals surface area contributed by atoms with Crippen molar-refractivity contribution in [3.05, 3.63) is 77.6 Å². The number of anilines is 1. The molecular weight excluding hydrogens is 512 g/mol. The summed E-state index contributed by atoms with van der Waals surface area (Å²) in [5, 5.41) is 2.88. The van der Waals surface area contributed by atoms with E-state index in [1.54, 1.807) is 19.2 Å². The van der Waals surface area contributed by atoms with Crippen LogP contribution < -0.4 is 11.1 Å². The van der Waals surface area contributed by atoms with Crippen molar-refractivity contribution < 1.29 is 34.7 Å². The summed E-state index contributed by atoms with van der Waals surface area (Å²) >= 11 is 0. The van der Waals surface area contributed by atoms with Gasteiger partial charge in [0.15, 0.2) is 6.04 Å². The quantitative estimate of drug-likeness (QED) is 0.346. The first-order valence-electron chi connectivity index (χ1n) is 11.4. The summed E-state index contributed by atoms with van der Waals surface area (Å²) in [6.45, 7) is -0.0573. The molecule has 0 radical (unpaired) electrons. The van der Waals surface area contributed by atoms with Gasteiger partial charge in [0.25, 0.3) is 5.91 Å². The molecule has 1 aromatic heterocycles. The fraction of sp³-hybridized carbons (Fsp3) is 0.280. The average molecular weight is 538 g/mol. The third-order valence-electron chi connectivity index (χ3n) is 6.60. The molecule has 196 valence electrons. The predicted octanol–water partition coefficient (Wildman–Crippen LogP) is 4.30. The zero-order chi connectivity index (χ0) is 27.0. The Labute approximate surface area is 211 Å². The molecule has 7 nitrogen and oxygen atoms in total. The number of nitrogens with zero attached hydrogens (tertiary/aromatic N) is 2. The highest BCUT2D eigenvalue weighted by molar-refractivity contribution is 7.86. The molecule has 0 saturated carbocycles. The van der Waals surface area contributed by atoms with Gasteiger partial charge in [-0.3, -0.25) is 4.79 Å². The largest absolute Gasteiger partial charge is 0.416 e. The van der Waals surface area contributed by atoms with Crippen molar-refractivity contribution in [1.82, 2.24) is 4.98 Å². The Morgan fingerprint density at radius 2 is 1.76 bits per heavy atom. The van der Waals surface area contributed by atoms with Crippen molar-refractivity contribution in [2.75, 3.05) is 18.9 Å². The second kappa shape index (κ2) is 9.75. The fourth-order valence-electron chi connectivity index (χ4n) is 4.79. The number of nitrogens with one attached hydrogen (secondary N) is 1. The van der Waals surface area contributed by atoms with E-state index in [2.05, 4.69) is 10.3 Å². The maximum atomic E-state index is 13.9. The highest BCUT2D eigenvalue weighted by Crippen LogP contribution is 2.39. The number of carbonyl (C=O) groups is 1. The van der Waals surface area contributed by atoms with Crippen LogP contribution in [-0.2, 0) is 27.5 Å². The first kappa shape index (κ1) is 26.6. The lowest BCUT2D eigenvalue weighted by molar-refractivity contribution is -0.823. The second-order valence-electron chi connectivity index (χ2n) is 8.89.